The van der Waals surface area contributed by atoms with E-state index >= 15 is 0 Å². The highest BCUT2D eigenvalue weighted by Gasteiger charge is 2.44. The molecule has 1 fully saturated rings. The normalized spacial score (nSPS) is 20.4. The second kappa shape index (κ2) is 9.82. The minimum Gasteiger partial charge on any atom is -0.480 e. The van der Waals surface area contributed by atoms with Gasteiger partial charge in [0.2, 0.25) is 0 Å². The van der Waals surface area contributed by atoms with Crippen molar-refractivity contribution in [3.63, 3.8) is 0 Å². The Hall–Kier alpha value is -2.81. The van der Waals surface area contributed by atoms with Gasteiger partial charge >= 0.3 is 12.0 Å². The number of carboxylic acid groups (broad SMARTS) is 1. The molecule has 0 aliphatic heterocycles. The van der Waals surface area contributed by atoms with Crippen LogP contribution in [0.15, 0.2) is 42.5 Å². The minimum absolute atomic E-state index is 0.175. The SMILES string of the molecule is CC(C)(Oc1ccccc1N(C(N)=O)c1cc(Cl)cc(Cl)c1)C(=O)C1CCC(N)(C(=O)O)CC1. The van der Waals surface area contributed by atoms with Gasteiger partial charge in [0.15, 0.2) is 11.4 Å². The van der Waals surface area contributed by atoms with E-state index in [9.17, 15) is 19.5 Å². The number of carboxylic acids is 1. The van der Waals surface area contributed by atoms with Crippen LogP contribution in [0.25, 0.3) is 0 Å². The lowest BCUT2D eigenvalue weighted by Gasteiger charge is -2.36. The van der Waals surface area contributed by atoms with Gasteiger partial charge in [-0.25, -0.2) is 4.79 Å². The Bertz CT molecular complexity index is 1090. The highest BCUT2D eigenvalue weighted by Crippen LogP contribution is 2.39. The maximum Gasteiger partial charge on any atom is 0.324 e. The van der Waals surface area contributed by atoms with Gasteiger partial charge in [0.25, 0.3) is 0 Å². The number of hydrogen-bond donors (Lipinski definition) is 3. The summed E-state index contributed by atoms with van der Waals surface area (Å²) in [6.07, 6.45) is 1.11. The molecule has 0 heterocycles. The van der Waals surface area contributed by atoms with Crippen molar-refractivity contribution in [3.8, 4) is 5.75 Å². The first-order valence-electron chi connectivity index (χ1n) is 10.7. The summed E-state index contributed by atoms with van der Waals surface area (Å²) in [7, 11) is 0. The number of Topliss-reactive ketones (excluding diaryl/α,β-unsaturated/α-hetero) is 1. The van der Waals surface area contributed by atoms with Crippen LogP contribution in [0.3, 0.4) is 0 Å². The molecule has 2 amide bonds. The smallest absolute Gasteiger partial charge is 0.324 e. The number of hydrogen-bond acceptors (Lipinski definition) is 5. The van der Waals surface area contributed by atoms with Crippen molar-refractivity contribution in [2.24, 2.45) is 17.4 Å². The predicted molar refractivity (Wildman–Crippen MR) is 131 cm³/mol. The summed E-state index contributed by atoms with van der Waals surface area (Å²) in [4.78, 5) is 38.4. The van der Waals surface area contributed by atoms with E-state index in [1.165, 1.54) is 23.1 Å². The van der Waals surface area contributed by atoms with Crippen molar-refractivity contribution in [2.45, 2.75) is 50.7 Å². The van der Waals surface area contributed by atoms with E-state index in [4.69, 9.17) is 39.4 Å². The lowest BCUT2D eigenvalue weighted by atomic mass is 9.73. The number of rotatable bonds is 7. The number of para-hydroxylation sites is 2. The second-order valence-electron chi connectivity index (χ2n) is 8.98. The first-order valence-corrected chi connectivity index (χ1v) is 11.5. The monoisotopic (exact) mass is 507 g/mol. The Morgan fingerprint density at radius 2 is 1.65 bits per heavy atom. The highest BCUT2D eigenvalue weighted by molar-refractivity contribution is 6.35. The number of halogens is 2. The van der Waals surface area contributed by atoms with Gasteiger partial charge in [-0.1, -0.05) is 35.3 Å². The average Bonchev–Trinajstić information content (AvgIpc) is 2.74. The van der Waals surface area contributed by atoms with E-state index < -0.39 is 29.1 Å². The Morgan fingerprint density at radius 1 is 1.09 bits per heavy atom. The average molecular weight is 508 g/mol. The minimum atomic E-state index is -1.31. The zero-order valence-corrected chi connectivity index (χ0v) is 20.4. The Labute approximate surface area is 207 Å². The van der Waals surface area contributed by atoms with Crippen LogP contribution in [0.5, 0.6) is 5.75 Å². The van der Waals surface area contributed by atoms with E-state index in [-0.39, 0.29) is 24.4 Å². The molecule has 0 bridgehead atoms. The van der Waals surface area contributed by atoms with Crippen molar-refractivity contribution in [2.75, 3.05) is 4.90 Å². The molecule has 0 spiro atoms. The molecule has 0 saturated heterocycles. The van der Waals surface area contributed by atoms with Gasteiger partial charge in [-0.05, 0) is 69.9 Å². The third-order valence-electron chi connectivity index (χ3n) is 6.07. The molecule has 1 aliphatic rings. The molecule has 0 radical (unpaired) electrons. The number of nitrogens with two attached hydrogens (primary N) is 2. The summed E-state index contributed by atoms with van der Waals surface area (Å²) in [6.45, 7) is 3.27. The number of ketones is 1. The van der Waals surface area contributed by atoms with Crippen LogP contribution in [0, 0.1) is 5.92 Å². The zero-order valence-electron chi connectivity index (χ0n) is 18.9. The molecule has 182 valence electrons. The highest BCUT2D eigenvalue weighted by atomic mass is 35.5. The van der Waals surface area contributed by atoms with E-state index in [0.29, 0.717) is 34.3 Å². The third kappa shape index (κ3) is 5.46. The maximum absolute atomic E-state index is 13.3. The van der Waals surface area contributed by atoms with E-state index in [2.05, 4.69) is 0 Å². The van der Waals surface area contributed by atoms with Gasteiger partial charge in [-0.2, -0.15) is 0 Å². The molecule has 0 unspecified atom stereocenters. The van der Waals surface area contributed by atoms with Crippen LogP contribution >= 0.6 is 23.2 Å². The Balaban J connectivity index is 1.88. The van der Waals surface area contributed by atoms with Crippen molar-refractivity contribution >= 4 is 52.4 Å². The van der Waals surface area contributed by atoms with Crippen molar-refractivity contribution in [1.82, 2.24) is 0 Å². The topological polar surface area (TPSA) is 136 Å². The Morgan fingerprint density at radius 3 is 2.18 bits per heavy atom. The molecule has 0 atom stereocenters. The fraction of sp³-hybridized carbons (Fsp3) is 0.375. The summed E-state index contributed by atoms with van der Waals surface area (Å²) >= 11 is 12.2. The standard InChI is InChI=1S/C24H27Cl2N3O5/c1-23(2,20(30)14-7-9-24(28,10-8-14)21(31)32)34-19-6-4-3-5-18(19)29(22(27)33)17-12-15(25)11-16(26)13-17/h3-6,11-14H,7-10,28H2,1-2H3,(H2,27,33)(H,31,32). The quantitative estimate of drug-likeness (QED) is 0.486. The molecule has 3 rings (SSSR count). The van der Waals surface area contributed by atoms with Crippen molar-refractivity contribution < 1.29 is 24.2 Å². The molecule has 34 heavy (non-hydrogen) atoms. The molecular weight excluding hydrogens is 481 g/mol. The molecule has 8 nitrogen and oxygen atoms in total. The summed E-state index contributed by atoms with van der Waals surface area (Å²) in [5.41, 5.74) is 9.69. The number of primary amides is 1. The molecule has 0 aromatic heterocycles. The number of amides is 2. The van der Waals surface area contributed by atoms with Crippen molar-refractivity contribution in [1.29, 1.82) is 0 Å². The van der Waals surface area contributed by atoms with Gasteiger partial charge in [-0.15, -0.1) is 0 Å². The number of anilines is 2. The van der Waals surface area contributed by atoms with Crippen molar-refractivity contribution in [3.05, 3.63) is 52.5 Å². The molecule has 10 heteroatoms. The van der Waals surface area contributed by atoms with E-state index in [1.54, 1.807) is 38.1 Å². The summed E-state index contributed by atoms with van der Waals surface area (Å²) < 4.78 is 6.15. The molecule has 1 aliphatic carbocycles. The summed E-state index contributed by atoms with van der Waals surface area (Å²) in [5.74, 6) is -1.37. The fourth-order valence-electron chi connectivity index (χ4n) is 4.21. The van der Waals surface area contributed by atoms with Crippen LogP contribution < -0.4 is 21.1 Å². The van der Waals surface area contributed by atoms with Crippen LogP contribution in [0.4, 0.5) is 16.2 Å². The number of aliphatic carboxylic acids is 1. The number of benzene rings is 2. The second-order valence-corrected chi connectivity index (χ2v) is 9.85. The lowest BCUT2D eigenvalue weighted by molar-refractivity contribution is -0.147. The number of nitrogens with zero attached hydrogens (tertiary/aromatic N) is 1. The molecule has 2 aromatic rings. The number of ether oxygens (including phenoxy) is 1. The first-order chi connectivity index (χ1) is 15.8. The maximum atomic E-state index is 13.3. The predicted octanol–water partition coefficient (Wildman–Crippen LogP) is 4.91. The number of urea groups is 1. The van der Waals surface area contributed by atoms with Crippen LogP contribution in [-0.4, -0.2) is 34.0 Å². The van der Waals surface area contributed by atoms with Crippen LogP contribution in [0.2, 0.25) is 10.0 Å². The largest absolute Gasteiger partial charge is 0.480 e. The van der Waals surface area contributed by atoms with Gasteiger partial charge in [0.1, 0.15) is 11.3 Å². The summed E-state index contributed by atoms with van der Waals surface area (Å²) in [5, 5.41) is 9.97. The number of carbonyl (C=O) groups excluding carboxylic acids is 2. The lowest BCUT2D eigenvalue weighted by Crippen LogP contribution is -2.53. The van der Waals surface area contributed by atoms with Gasteiger partial charge in [-0.3, -0.25) is 14.5 Å². The fourth-order valence-corrected chi connectivity index (χ4v) is 4.72. The third-order valence-corrected chi connectivity index (χ3v) is 6.50. The number of carbonyl (C=O) groups is 3. The summed E-state index contributed by atoms with van der Waals surface area (Å²) in [6, 6.07) is 10.5. The van der Waals surface area contributed by atoms with Gasteiger partial charge in [0.05, 0.1) is 11.4 Å². The van der Waals surface area contributed by atoms with Gasteiger partial charge < -0.3 is 21.3 Å². The van der Waals surface area contributed by atoms with Gasteiger partial charge in [0, 0.05) is 16.0 Å². The van der Waals surface area contributed by atoms with E-state index in [1.807, 2.05) is 0 Å². The Kier molecular flexibility index (Phi) is 7.45. The molecule has 5 N–H and O–H groups in total. The van der Waals surface area contributed by atoms with Crippen LogP contribution in [0.1, 0.15) is 39.5 Å². The van der Waals surface area contributed by atoms with E-state index in [0.717, 1.165) is 0 Å². The molecule has 1 saturated carbocycles. The molecule has 2 aromatic carbocycles. The zero-order chi connectivity index (χ0) is 25.3. The van der Waals surface area contributed by atoms with Crippen LogP contribution in [-0.2, 0) is 9.59 Å². The molecular formula is C24H27Cl2N3O5. The first kappa shape index (κ1) is 25.8.